The lowest BCUT2D eigenvalue weighted by molar-refractivity contribution is -0.142. The Hall–Kier alpha value is -4.54. The fourth-order valence-electron chi connectivity index (χ4n) is 7.58. The number of pyridine rings is 1. The summed E-state index contributed by atoms with van der Waals surface area (Å²) in [5, 5.41) is 4.85. The summed E-state index contributed by atoms with van der Waals surface area (Å²) in [6, 6.07) is 1.68. The first-order chi connectivity index (χ1) is 26.3. The number of hydrogen-bond acceptors (Lipinski definition) is 10. The molecule has 0 spiro atoms. The van der Waals surface area contributed by atoms with Crippen LogP contribution in [-0.2, 0) is 29.1 Å². The average Bonchev–Trinajstić information content (AvgIpc) is 3.64. The van der Waals surface area contributed by atoms with Crippen molar-refractivity contribution in [3.05, 3.63) is 42.4 Å². The van der Waals surface area contributed by atoms with E-state index in [0.29, 0.717) is 30.0 Å². The van der Waals surface area contributed by atoms with E-state index in [2.05, 4.69) is 15.6 Å². The Morgan fingerprint density at radius 1 is 1.16 bits per heavy atom. The number of sulfonamides is 1. The molecule has 5 rings (SSSR count). The highest BCUT2D eigenvalue weighted by Gasteiger charge is 2.62. The molecule has 3 N–H and O–H groups in total. The Labute approximate surface area is 326 Å². The van der Waals surface area contributed by atoms with Gasteiger partial charge in [0.05, 0.1) is 19.0 Å². The molecule has 0 radical (unpaired) electrons. The number of amides is 4. The molecule has 1 aromatic carbocycles. The number of benzene rings is 1. The predicted octanol–water partition coefficient (Wildman–Crippen LogP) is 4.71. The SMILES string of the molecule is CCC(CF)S(=O)(=O)NC(=O)C12CC1C=CCCC(C)CC(C)C(NC(=O)OC(C)(C)C)C(=O)N1CC(Oc3nccc4c(OC)cc(F)cc34)CC1C(=O)N2. The van der Waals surface area contributed by atoms with Crippen molar-refractivity contribution < 1.29 is 50.6 Å². The molecule has 4 amide bonds. The third-order valence-corrected chi connectivity index (χ3v) is 12.5. The Morgan fingerprint density at radius 3 is 2.55 bits per heavy atom. The smallest absolute Gasteiger partial charge is 0.408 e. The molecule has 308 valence electrons. The third-order valence-electron chi connectivity index (χ3n) is 10.7. The van der Waals surface area contributed by atoms with Crippen molar-refractivity contribution in [1.82, 2.24) is 25.2 Å². The van der Waals surface area contributed by atoms with E-state index in [0.717, 1.165) is 0 Å². The van der Waals surface area contributed by atoms with Crippen LogP contribution in [0, 0.1) is 23.6 Å². The van der Waals surface area contributed by atoms with E-state index in [-0.39, 0.29) is 43.4 Å². The fraction of sp³-hybridized carbons (Fsp3) is 0.615. The van der Waals surface area contributed by atoms with Crippen molar-refractivity contribution in [2.75, 3.05) is 20.3 Å². The molecule has 0 bridgehead atoms. The van der Waals surface area contributed by atoms with Gasteiger partial charge in [0.2, 0.25) is 27.7 Å². The lowest BCUT2D eigenvalue weighted by Crippen LogP contribution is -2.59. The number of rotatable bonds is 9. The largest absolute Gasteiger partial charge is 0.496 e. The van der Waals surface area contributed by atoms with Crippen LogP contribution in [0.3, 0.4) is 0 Å². The van der Waals surface area contributed by atoms with E-state index < -0.39 is 92.7 Å². The maximum Gasteiger partial charge on any atom is 0.408 e. The van der Waals surface area contributed by atoms with Gasteiger partial charge >= 0.3 is 6.09 Å². The Bertz CT molecular complexity index is 1950. The number of fused-ring (bicyclic) bond motifs is 3. The summed E-state index contributed by atoms with van der Waals surface area (Å²) in [4.78, 5) is 61.8. The van der Waals surface area contributed by atoms with Crippen molar-refractivity contribution in [3.8, 4) is 11.6 Å². The molecule has 8 unspecified atom stereocenters. The minimum atomic E-state index is -4.44. The number of methoxy groups -OCH3 is 1. The number of carbonyl (C=O) groups excluding carboxylic acids is 4. The minimum Gasteiger partial charge on any atom is -0.496 e. The molecular weight excluding hydrogens is 753 g/mol. The summed E-state index contributed by atoms with van der Waals surface area (Å²) in [7, 11) is -3.04. The molecule has 3 aliphatic rings. The van der Waals surface area contributed by atoms with Crippen LogP contribution in [0.5, 0.6) is 11.6 Å². The second kappa shape index (κ2) is 16.9. The van der Waals surface area contributed by atoms with Gasteiger partial charge in [0, 0.05) is 30.0 Å². The summed E-state index contributed by atoms with van der Waals surface area (Å²) < 4.78 is 73.6. The Kier molecular flexibility index (Phi) is 12.9. The normalized spacial score (nSPS) is 27.8. The Balaban J connectivity index is 1.54. The lowest BCUT2D eigenvalue weighted by Gasteiger charge is -2.33. The molecule has 14 nitrogen and oxygen atoms in total. The van der Waals surface area contributed by atoms with Gasteiger partial charge in [-0.1, -0.05) is 32.9 Å². The first kappa shape index (κ1) is 42.6. The van der Waals surface area contributed by atoms with Gasteiger partial charge in [0.15, 0.2) is 0 Å². The van der Waals surface area contributed by atoms with Crippen LogP contribution in [0.1, 0.15) is 80.1 Å². The van der Waals surface area contributed by atoms with Gasteiger partial charge in [-0.15, -0.1) is 0 Å². The number of halogens is 2. The number of nitrogens with zero attached hydrogens (tertiary/aromatic N) is 2. The molecule has 3 heterocycles. The van der Waals surface area contributed by atoms with E-state index in [1.165, 1.54) is 37.3 Å². The zero-order valence-electron chi connectivity index (χ0n) is 32.9. The molecule has 1 aromatic heterocycles. The quantitative estimate of drug-likeness (QED) is 0.301. The molecule has 8 atom stereocenters. The molecule has 17 heteroatoms. The summed E-state index contributed by atoms with van der Waals surface area (Å²) in [5.74, 6) is -3.63. The molecule has 1 saturated heterocycles. The predicted molar refractivity (Wildman–Crippen MR) is 203 cm³/mol. The van der Waals surface area contributed by atoms with Crippen LogP contribution in [0.25, 0.3) is 10.8 Å². The first-order valence-corrected chi connectivity index (χ1v) is 20.6. The molecule has 2 aromatic rings. The number of carbonyl (C=O) groups is 4. The van der Waals surface area contributed by atoms with Gasteiger partial charge in [-0.05, 0) is 76.8 Å². The molecule has 2 fully saturated rings. The van der Waals surface area contributed by atoms with E-state index in [4.69, 9.17) is 14.2 Å². The van der Waals surface area contributed by atoms with E-state index >= 15 is 0 Å². The van der Waals surface area contributed by atoms with Crippen molar-refractivity contribution in [3.63, 3.8) is 0 Å². The van der Waals surface area contributed by atoms with Crippen LogP contribution in [0.15, 0.2) is 36.5 Å². The summed E-state index contributed by atoms with van der Waals surface area (Å²) in [6.45, 7) is 9.05. The fourth-order valence-corrected chi connectivity index (χ4v) is 8.79. The van der Waals surface area contributed by atoms with Crippen molar-refractivity contribution >= 4 is 44.6 Å². The maximum absolute atomic E-state index is 14.7. The van der Waals surface area contributed by atoms with Gasteiger partial charge < -0.3 is 29.7 Å². The van der Waals surface area contributed by atoms with Crippen molar-refractivity contribution in [2.45, 2.75) is 115 Å². The number of alkyl carbamates (subject to hydrolysis) is 1. The zero-order chi connectivity index (χ0) is 41.2. The highest BCUT2D eigenvalue weighted by molar-refractivity contribution is 7.90. The number of allylic oxidation sites excluding steroid dienone is 1. The lowest BCUT2D eigenvalue weighted by atomic mass is 9.88. The van der Waals surface area contributed by atoms with Gasteiger partial charge in [-0.2, -0.15) is 0 Å². The molecular formula is C39H53F2N5O9S. The molecule has 1 saturated carbocycles. The topological polar surface area (TPSA) is 182 Å². The zero-order valence-corrected chi connectivity index (χ0v) is 33.7. The Morgan fingerprint density at radius 2 is 1.89 bits per heavy atom. The molecule has 1 aliphatic carbocycles. The van der Waals surface area contributed by atoms with Crippen LogP contribution < -0.4 is 24.8 Å². The van der Waals surface area contributed by atoms with Crippen LogP contribution in [-0.4, -0.2) is 97.0 Å². The summed E-state index contributed by atoms with van der Waals surface area (Å²) in [6.07, 6.45) is 5.08. The van der Waals surface area contributed by atoms with Crippen LogP contribution >= 0.6 is 0 Å². The number of nitrogens with one attached hydrogen (secondary N) is 3. The highest BCUT2D eigenvalue weighted by atomic mass is 32.2. The van der Waals surface area contributed by atoms with E-state index in [1.54, 1.807) is 32.9 Å². The standard InChI is InChI=1S/C39H53F2N5O9S/c1-8-27(20-40)56(51,52)45-36(49)39-19-24(39)12-10-9-11-22(2)15-23(3)32(43-37(50)55-38(4,5)6)35(48)46-21-26(18-30(46)33(47)44-39)54-34-29-16-25(41)17-31(53-7)28(29)13-14-42-34/h10,12-14,16-17,22-24,26-27,30,32H,8-9,11,15,18-21H2,1-7H3,(H,43,50)(H,44,47)(H,45,49). The highest BCUT2D eigenvalue weighted by Crippen LogP contribution is 2.46. The van der Waals surface area contributed by atoms with Crippen LogP contribution in [0.4, 0.5) is 13.6 Å². The van der Waals surface area contributed by atoms with Crippen LogP contribution in [0.2, 0.25) is 0 Å². The molecule has 56 heavy (non-hydrogen) atoms. The van der Waals surface area contributed by atoms with E-state index in [9.17, 15) is 36.4 Å². The minimum absolute atomic E-state index is 0.0262. The first-order valence-electron chi connectivity index (χ1n) is 19.0. The second-order valence-electron chi connectivity index (χ2n) is 16.2. The average molecular weight is 806 g/mol. The monoisotopic (exact) mass is 805 g/mol. The van der Waals surface area contributed by atoms with Crippen molar-refractivity contribution in [2.24, 2.45) is 17.8 Å². The van der Waals surface area contributed by atoms with Gasteiger partial charge in [0.25, 0.3) is 5.91 Å². The van der Waals surface area contributed by atoms with Gasteiger partial charge in [-0.3, -0.25) is 19.1 Å². The van der Waals surface area contributed by atoms with Crippen molar-refractivity contribution in [1.29, 1.82) is 0 Å². The second-order valence-corrected chi connectivity index (χ2v) is 18.1. The van der Waals surface area contributed by atoms with Gasteiger partial charge in [-0.25, -0.2) is 27.0 Å². The summed E-state index contributed by atoms with van der Waals surface area (Å²) >= 11 is 0. The molecule has 2 aliphatic heterocycles. The number of hydrogen-bond donors (Lipinski definition) is 3. The van der Waals surface area contributed by atoms with E-state index in [1.807, 2.05) is 24.6 Å². The van der Waals surface area contributed by atoms with Gasteiger partial charge in [0.1, 0.15) is 52.8 Å². The third kappa shape index (κ3) is 9.52. The number of ether oxygens (including phenoxy) is 3. The number of alkyl halides is 1. The number of aromatic nitrogens is 1. The summed E-state index contributed by atoms with van der Waals surface area (Å²) in [5.41, 5.74) is -2.58. The maximum atomic E-state index is 14.7.